The maximum absolute atomic E-state index is 14.0. The average Bonchev–Trinajstić information content (AvgIpc) is 2.49. The van der Waals surface area contributed by atoms with Crippen molar-refractivity contribution in [3.8, 4) is 23.0 Å². The number of ketones is 1. The minimum atomic E-state index is -0.629. The molecule has 2 aromatic carbocycles. The summed E-state index contributed by atoms with van der Waals surface area (Å²) < 4.78 is 29.9. The largest absolute Gasteiger partial charge is 0.493 e. The number of carbonyl (C=O) groups excluding carboxylic acids is 1. The van der Waals surface area contributed by atoms with Crippen molar-refractivity contribution >= 4 is 5.78 Å². The molecule has 0 aliphatic heterocycles. The molecule has 0 saturated carbocycles. The van der Waals surface area contributed by atoms with Crippen LogP contribution in [0.5, 0.6) is 23.0 Å². The molecule has 0 spiro atoms. The molecule has 0 bridgehead atoms. The molecule has 0 aromatic heterocycles. The first-order valence-corrected chi connectivity index (χ1v) is 6.26. The SMILES string of the molecule is COc1cccc(OC)c1Oc1ccc(C(C)=O)cc1F. The fourth-order valence-electron chi connectivity index (χ4n) is 1.83. The van der Waals surface area contributed by atoms with Crippen molar-refractivity contribution < 1.29 is 23.4 Å². The minimum absolute atomic E-state index is 0.0113. The van der Waals surface area contributed by atoms with E-state index in [0.717, 1.165) is 6.07 Å². The van der Waals surface area contributed by atoms with E-state index in [1.807, 2.05) is 0 Å². The molecule has 2 rings (SSSR count). The van der Waals surface area contributed by atoms with Gasteiger partial charge >= 0.3 is 0 Å². The number of rotatable bonds is 5. The van der Waals surface area contributed by atoms with Crippen LogP contribution in [0.3, 0.4) is 0 Å². The van der Waals surface area contributed by atoms with E-state index in [0.29, 0.717) is 11.5 Å². The summed E-state index contributed by atoms with van der Waals surface area (Å²) in [5.41, 5.74) is 0.284. The lowest BCUT2D eigenvalue weighted by atomic mass is 10.1. The summed E-state index contributed by atoms with van der Waals surface area (Å²) in [5.74, 6) is 0.263. The Morgan fingerprint density at radius 2 is 1.62 bits per heavy atom. The van der Waals surface area contributed by atoms with Gasteiger partial charge in [0.15, 0.2) is 28.8 Å². The lowest BCUT2D eigenvalue weighted by Gasteiger charge is -2.14. The molecule has 0 heterocycles. The van der Waals surface area contributed by atoms with E-state index in [2.05, 4.69) is 0 Å². The topological polar surface area (TPSA) is 44.8 Å². The second kappa shape index (κ2) is 6.26. The van der Waals surface area contributed by atoms with E-state index in [1.54, 1.807) is 18.2 Å². The lowest BCUT2D eigenvalue weighted by molar-refractivity contribution is 0.101. The fraction of sp³-hybridized carbons (Fsp3) is 0.188. The zero-order valence-electron chi connectivity index (χ0n) is 12.0. The Kier molecular flexibility index (Phi) is 4.42. The molecule has 21 heavy (non-hydrogen) atoms. The van der Waals surface area contributed by atoms with Gasteiger partial charge in [0, 0.05) is 5.56 Å². The lowest BCUT2D eigenvalue weighted by Crippen LogP contribution is -1.98. The van der Waals surface area contributed by atoms with Gasteiger partial charge in [0.1, 0.15) is 0 Å². The van der Waals surface area contributed by atoms with Crippen LogP contribution in [-0.2, 0) is 0 Å². The molecule has 0 N–H and O–H groups in total. The third-order valence-corrected chi connectivity index (χ3v) is 2.93. The number of methoxy groups -OCH3 is 2. The third kappa shape index (κ3) is 3.13. The number of hydrogen-bond acceptors (Lipinski definition) is 4. The van der Waals surface area contributed by atoms with Gasteiger partial charge in [-0.15, -0.1) is 0 Å². The van der Waals surface area contributed by atoms with Gasteiger partial charge in [-0.05, 0) is 37.3 Å². The molecule has 0 unspecified atom stereocenters. The summed E-state index contributed by atoms with van der Waals surface area (Å²) >= 11 is 0. The summed E-state index contributed by atoms with van der Waals surface area (Å²) in [6.07, 6.45) is 0. The van der Waals surface area contributed by atoms with Gasteiger partial charge < -0.3 is 14.2 Å². The molecule has 0 aliphatic rings. The molecule has 0 radical (unpaired) electrons. The van der Waals surface area contributed by atoms with Crippen molar-refractivity contribution in [1.29, 1.82) is 0 Å². The number of carbonyl (C=O) groups is 1. The number of halogens is 1. The number of hydrogen-bond donors (Lipinski definition) is 0. The van der Waals surface area contributed by atoms with E-state index >= 15 is 0 Å². The van der Waals surface area contributed by atoms with E-state index in [4.69, 9.17) is 14.2 Å². The zero-order chi connectivity index (χ0) is 15.4. The van der Waals surface area contributed by atoms with Crippen LogP contribution in [0, 0.1) is 5.82 Å². The van der Waals surface area contributed by atoms with Crippen molar-refractivity contribution in [3.63, 3.8) is 0 Å². The van der Waals surface area contributed by atoms with E-state index in [9.17, 15) is 9.18 Å². The molecule has 110 valence electrons. The molecule has 0 saturated heterocycles. The maximum Gasteiger partial charge on any atom is 0.211 e. The number of benzene rings is 2. The van der Waals surface area contributed by atoms with Gasteiger partial charge in [-0.25, -0.2) is 4.39 Å². The Balaban J connectivity index is 2.40. The summed E-state index contributed by atoms with van der Waals surface area (Å²) in [6.45, 7) is 1.37. The molecule has 0 amide bonds. The Bertz CT molecular complexity index is 645. The van der Waals surface area contributed by atoms with Gasteiger partial charge in [-0.2, -0.15) is 0 Å². The van der Waals surface area contributed by atoms with Gasteiger partial charge in [-0.1, -0.05) is 6.07 Å². The summed E-state index contributed by atoms with van der Waals surface area (Å²) in [7, 11) is 2.97. The van der Waals surface area contributed by atoms with E-state index < -0.39 is 5.82 Å². The first-order valence-electron chi connectivity index (χ1n) is 6.26. The maximum atomic E-state index is 14.0. The first-order chi connectivity index (χ1) is 10.1. The van der Waals surface area contributed by atoms with E-state index in [-0.39, 0.29) is 22.8 Å². The average molecular weight is 290 g/mol. The second-order valence-electron chi connectivity index (χ2n) is 4.30. The van der Waals surface area contributed by atoms with Crippen LogP contribution >= 0.6 is 0 Å². The van der Waals surface area contributed by atoms with Crippen LogP contribution in [0.1, 0.15) is 17.3 Å². The molecular weight excluding hydrogens is 275 g/mol. The Labute approximate surface area is 122 Å². The Morgan fingerprint density at radius 3 is 2.10 bits per heavy atom. The van der Waals surface area contributed by atoms with Gasteiger partial charge in [0.25, 0.3) is 0 Å². The Hall–Kier alpha value is -2.56. The van der Waals surface area contributed by atoms with Crippen LogP contribution < -0.4 is 14.2 Å². The van der Waals surface area contributed by atoms with Crippen molar-refractivity contribution in [2.45, 2.75) is 6.92 Å². The minimum Gasteiger partial charge on any atom is -0.493 e. The van der Waals surface area contributed by atoms with Crippen LogP contribution in [0.2, 0.25) is 0 Å². The summed E-state index contributed by atoms with van der Waals surface area (Å²) in [4.78, 5) is 11.2. The number of Topliss-reactive ketones (excluding diaryl/α,β-unsaturated/α-hetero) is 1. The van der Waals surface area contributed by atoms with Crippen molar-refractivity contribution in [2.75, 3.05) is 14.2 Å². The van der Waals surface area contributed by atoms with Crippen LogP contribution in [0.25, 0.3) is 0 Å². The first kappa shape index (κ1) is 14.8. The molecule has 2 aromatic rings. The highest BCUT2D eigenvalue weighted by molar-refractivity contribution is 5.94. The summed E-state index contributed by atoms with van der Waals surface area (Å²) in [6, 6.07) is 9.14. The predicted molar refractivity (Wildman–Crippen MR) is 76.0 cm³/mol. The predicted octanol–water partition coefficient (Wildman–Crippen LogP) is 3.84. The smallest absolute Gasteiger partial charge is 0.211 e. The van der Waals surface area contributed by atoms with Crippen LogP contribution in [0.15, 0.2) is 36.4 Å². The van der Waals surface area contributed by atoms with Crippen molar-refractivity contribution in [2.24, 2.45) is 0 Å². The molecule has 0 atom stereocenters. The highest BCUT2D eigenvalue weighted by atomic mass is 19.1. The molecular formula is C16H15FO4. The van der Waals surface area contributed by atoms with Crippen molar-refractivity contribution in [3.05, 3.63) is 47.8 Å². The zero-order valence-corrected chi connectivity index (χ0v) is 12.0. The van der Waals surface area contributed by atoms with E-state index in [1.165, 1.54) is 33.3 Å². The monoisotopic (exact) mass is 290 g/mol. The van der Waals surface area contributed by atoms with Gasteiger partial charge in [0.05, 0.1) is 14.2 Å². The normalized spacial score (nSPS) is 10.1. The van der Waals surface area contributed by atoms with Crippen LogP contribution in [-0.4, -0.2) is 20.0 Å². The van der Waals surface area contributed by atoms with Gasteiger partial charge in [0.2, 0.25) is 5.75 Å². The van der Waals surface area contributed by atoms with Gasteiger partial charge in [-0.3, -0.25) is 4.79 Å². The molecule has 5 heteroatoms. The molecule has 0 fully saturated rings. The number of ether oxygens (including phenoxy) is 3. The van der Waals surface area contributed by atoms with Crippen LogP contribution in [0.4, 0.5) is 4.39 Å². The molecule has 0 aliphatic carbocycles. The number of para-hydroxylation sites is 1. The standard InChI is InChI=1S/C16H15FO4/c1-10(18)11-7-8-13(12(17)9-11)21-16-14(19-2)5-4-6-15(16)20-3/h4-9H,1-3H3. The van der Waals surface area contributed by atoms with Crippen molar-refractivity contribution in [1.82, 2.24) is 0 Å². The molecule has 4 nitrogen and oxygen atoms in total. The summed E-state index contributed by atoms with van der Waals surface area (Å²) in [5, 5.41) is 0. The second-order valence-corrected chi connectivity index (χ2v) is 4.30. The quantitative estimate of drug-likeness (QED) is 0.785. The fourth-order valence-corrected chi connectivity index (χ4v) is 1.83. The highest BCUT2D eigenvalue weighted by Crippen LogP contribution is 2.40. The highest BCUT2D eigenvalue weighted by Gasteiger charge is 2.15. The Morgan fingerprint density at radius 1 is 1.00 bits per heavy atom. The third-order valence-electron chi connectivity index (χ3n) is 2.93.